The number of rotatable bonds is 45. The zero-order chi connectivity index (χ0) is 42.3. The number of hydrogen-bond acceptors (Lipinski definition) is 5. The topological polar surface area (TPSA) is 95.9 Å². The average Bonchev–Trinajstić information content (AvgIpc) is 3.22. The van der Waals surface area contributed by atoms with Gasteiger partial charge in [0, 0.05) is 12.8 Å². The lowest BCUT2D eigenvalue weighted by molar-refractivity contribution is -0.143. The van der Waals surface area contributed by atoms with Gasteiger partial charge in [0.1, 0.15) is 0 Å². The Bertz CT molecular complexity index is 988. The molecule has 2 unspecified atom stereocenters. The molecular formula is C52H95NO5. The predicted molar refractivity (Wildman–Crippen MR) is 250 cm³/mol. The van der Waals surface area contributed by atoms with Crippen LogP contribution in [0.2, 0.25) is 0 Å². The van der Waals surface area contributed by atoms with Gasteiger partial charge in [-0.05, 0) is 77.0 Å². The fourth-order valence-corrected chi connectivity index (χ4v) is 7.20. The van der Waals surface area contributed by atoms with E-state index < -0.39 is 12.1 Å². The van der Waals surface area contributed by atoms with Crippen molar-refractivity contribution in [2.24, 2.45) is 0 Å². The summed E-state index contributed by atoms with van der Waals surface area (Å²) in [5.41, 5.74) is 0. The number of aliphatic hydroxyl groups is 2. The minimum atomic E-state index is -0.879. The van der Waals surface area contributed by atoms with E-state index in [-0.39, 0.29) is 18.5 Å². The lowest BCUT2D eigenvalue weighted by Gasteiger charge is -2.19. The van der Waals surface area contributed by atoms with Crippen LogP contribution in [0.25, 0.3) is 0 Å². The highest BCUT2D eigenvalue weighted by Crippen LogP contribution is 2.14. The number of aliphatic hydroxyl groups excluding tert-OH is 2. The first-order valence-electron chi connectivity index (χ1n) is 24.9. The Labute approximate surface area is 359 Å². The number of unbranched alkanes of at least 4 members (excludes halogenated alkanes) is 28. The minimum Gasteiger partial charge on any atom is -0.466 e. The first-order chi connectivity index (χ1) is 28.5. The van der Waals surface area contributed by atoms with Gasteiger partial charge in [-0.3, -0.25) is 9.59 Å². The molecule has 6 heteroatoms. The molecule has 0 bridgehead atoms. The second-order valence-electron chi connectivity index (χ2n) is 16.8. The first kappa shape index (κ1) is 55.8. The van der Waals surface area contributed by atoms with Crippen LogP contribution >= 0.6 is 0 Å². The molecule has 6 nitrogen and oxygen atoms in total. The third kappa shape index (κ3) is 43.4. The molecule has 1 amide bonds. The van der Waals surface area contributed by atoms with Crippen molar-refractivity contribution < 1.29 is 24.5 Å². The standard InChI is InChI=1S/C52H95NO5/c1-3-5-7-9-11-13-15-17-18-22-26-30-34-38-42-46-52(57)58-47-43-39-35-31-27-23-19-21-25-29-33-37-41-45-51(56)53-49(48-54)50(55)44-40-36-32-28-24-20-16-14-12-10-8-6-4-2/h17-18,21,25,33,37,40,44,49-50,54-55H,3-16,19-20,22-24,26-32,34-36,38-39,41-43,45-48H2,1-2H3,(H,53,56)/b18-17-,25-21-,37-33-,44-40+. The van der Waals surface area contributed by atoms with Gasteiger partial charge in [-0.2, -0.15) is 0 Å². The number of hydrogen-bond donors (Lipinski definition) is 3. The maximum Gasteiger partial charge on any atom is 0.305 e. The summed E-state index contributed by atoms with van der Waals surface area (Å²) in [5.74, 6) is -0.178. The highest BCUT2D eigenvalue weighted by molar-refractivity contribution is 5.76. The molecule has 0 spiro atoms. The Morgan fingerprint density at radius 1 is 0.483 bits per heavy atom. The molecule has 0 heterocycles. The molecular weight excluding hydrogens is 719 g/mol. The van der Waals surface area contributed by atoms with Crippen molar-refractivity contribution in [3.8, 4) is 0 Å². The van der Waals surface area contributed by atoms with Crippen molar-refractivity contribution in [2.75, 3.05) is 13.2 Å². The third-order valence-corrected chi connectivity index (χ3v) is 11.1. The summed E-state index contributed by atoms with van der Waals surface area (Å²) in [7, 11) is 0. The normalized spacial score (nSPS) is 13.1. The Balaban J connectivity index is 3.59. The van der Waals surface area contributed by atoms with Crippen LogP contribution in [0.3, 0.4) is 0 Å². The second kappa shape index (κ2) is 47.5. The fraction of sp³-hybridized carbons (Fsp3) is 0.808. The van der Waals surface area contributed by atoms with Gasteiger partial charge in [0.15, 0.2) is 0 Å². The third-order valence-electron chi connectivity index (χ3n) is 11.1. The Kier molecular flexibility index (Phi) is 45.7. The quantitative estimate of drug-likeness (QED) is 0.0323. The minimum absolute atomic E-state index is 0.0275. The van der Waals surface area contributed by atoms with Gasteiger partial charge in [-0.25, -0.2) is 0 Å². The molecule has 0 saturated heterocycles. The van der Waals surface area contributed by atoms with Crippen LogP contribution in [0.1, 0.15) is 245 Å². The van der Waals surface area contributed by atoms with Crippen molar-refractivity contribution >= 4 is 11.9 Å². The van der Waals surface area contributed by atoms with Gasteiger partial charge in [0.2, 0.25) is 5.91 Å². The van der Waals surface area contributed by atoms with Crippen molar-refractivity contribution in [3.05, 3.63) is 48.6 Å². The monoisotopic (exact) mass is 814 g/mol. The number of esters is 1. The van der Waals surface area contributed by atoms with E-state index >= 15 is 0 Å². The molecule has 0 aromatic rings. The van der Waals surface area contributed by atoms with E-state index in [1.807, 2.05) is 12.2 Å². The molecule has 0 radical (unpaired) electrons. The van der Waals surface area contributed by atoms with Crippen molar-refractivity contribution in [1.82, 2.24) is 5.32 Å². The highest BCUT2D eigenvalue weighted by atomic mass is 16.5. The molecule has 0 aromatic heterocycles. The van der Waals surface area contributed by atoms with Crippen molar-refractivity contribution in [3.63, 3.8) is 0 Å². The molecule has 58 heavy (non-hydrogen) atoms. The Morgan fingerprint density at radius 3 is 1.36 bits per heavy atom. The number of allylic oxidation sites excluding steroid dienone is 7. The van der Waals surface area contributed by atoms with E-state index in [0.29, 0.717) is 25.9 Å². The fourth-order valence-electron chi connectivity index (χ4n) is 7.20. The van der Waals surface area contributed by atoms with Gasteiger partial charge in [0.25, 0.3) is 0 Å². The van der Waals surface area contributed by atoms with Crippen molar-refractivity contribution in [2.45, 2.75) is 257 Å². The maximum atomic E-state index is 12.4. The molecule has 3 N–H and O–H groups in total. The Morgan fingerprint density at radius 2 is 0.879 bits per heavy atom. The van der Waals surface area contributed by atoms with Crippen LogP contribution in [0.4, 0.5) is 0 Å². The van der Waals surface area contributed by atoms with Gasteiger partial charge in [-0.1, -0.05) is 204 Å². The van der Waals surface area contributed by atoms with Gasteiger partial charge in [-0.15, -0.1) is 0 Å². The van der Waals surface area contributed by atoms with Crippen LogP contribution in [-0.2, 0) is 14.3 Å². The van der Waals surface area contributed by atoms with Crippen LogP contribution in [0.15, 0.2) is 48.6 Å². The molecule has 0 rings (SSSR count). The van der Waals surface area contributed by atoms with Crippen molar-refractivity contribution in [1.29, 1.82) is 0 Å². The van der Waals surface area contributed by atoms with E-state index in [0.717, 1.165) is 51.4 Å². The number of carbonyl (C=O) groups is 2. The lowest BCUT2D eigenvalue weighted by Crippen LogP contribution is -2.45. The number of carbonyl (C=O) groups excluding carboxylic acids is 2. The van der Waals surface area contributed by atoms with E-state index in [4.69, 9.17) is 4.74 Å². The van der Waals surface area contributed by atoms with E-state index in [2.05, 4.69) is 49.5 Å². The average molecular weight is 814 g/mol. The summed E-state index contributed by atoms with van der Waals surface area (Å²) in [4.78, 5) is 24.4. The summed E-state index contributed by atoms with van der Waals surface area (Å²) < 4.78 is 5.44. The van der Waals surface area contributed by atoms with Crippen LogP contribution in [0, 0.1) is 0 Å². The van der Waals surface area contributed by atoms with E-state index in [1.54, 1.807) is 6.08 Å². The molecule has 338 valence electrons. The molecule has 0 aliphatic heterocycles. The predicted octanol–water partition coefficient (Wildman–Crippen LogP) is 14.7. The summed E-state index contributed by atoms with van der Waals surface area (Å²) >= 11 is 0. The SMILES string of the molecule is CCCCCCCC/C=C\CCCCCCCC(=O)OCCCCCCCC/C=C\C/C=C\CCC(=O)NC(CO)C(O)/C=C/CCCCCCCCCCCCC. The maximum absolute atomic E-state index is 12.4. The molecule has 0 fully saturated rings. The summed E-state index contributed by atoms with van der Waals surface area (Å²) in [5, 5.41) is 22.9. The van der Waals surface area contributed by atoms with E-state index in [1.165, 1.54) is 161 Å². The molecule has 0 aromatic carbocycles. The summed E-state index contributed by atoms with van der Waals surface area (Å²) in [6.07, 6.45) is 58.3. The Hall–Kier alpha value is -2.18. The molecule has 0 aliphatic carbocycles. The second-order valence-corrected chi connectivity index (χ2v) is 16.8. The first-order valence-corrected chi connectivity index (χ1v) is 24.9. The van der Waals surface area contributed by atoms with Crippen LogP contribution in [-0.4, -0.2) is 47.4 Å². The number of amides is 1. The summed E-state index contributed by atoms with van der Waals surface area (Å²) in [6, 6.07) is -0.672. The zero-order valence-electron chi connectivity index (χ0n) is 38.3. The van der Waals surface area contributed by atoms with Crippen LogP contribution < -0.4 is 5.32 Å². The largest absolute Gasteiger partial charge is 0.466 e. The molecule has 2 atom stereocenters. The molecule has 0 saturated carbocycles. The van der Waals surface area contributed by atoms with Gasteiger partial charge < -0.3 is 20.3 Å². The highest BCUT2D eigenvalue weighted by Gasteiger charge is 2.17. The summed E-state index contributed by atoms with van der Waals surface area (Å²) in [6.45, 7) is 4.81. The van der Waals surface area contributed by atoms with Gasteiger partial charge >= 0.3 is 5.97 Å². The lowest BCUT2D eigenvalue weighted by atomic mass is 10.0. The van der Waals surface area contributed by atoms with E-state index in [9.17, 15) is 19.8 Å². The smallest absolute Gasteiger partial charge is 0.305 e. The zero-order valence-corrected chi connectivity index (χ0v) is 38.3. The number of nitrogens with one attached hydrogen (secondary N) is 1. The molecule has 0 aliphatic rings. The number of ether oxygens (including phenoxy) is 1. The van der Waals surface area contributed by atoms with Gasteiger partial charge in [0.05, 0.1) is 25.4 Å². The van der Waals surface area contributed by atoms with Crippen LogP contribution in [0.5, 0.6) is 0 Å².